The molecule has 0 aliphatic rings. The number of ether oxygens (including phenoxy) is 1. The fourth-order valence-corrected chi connectivity index (χ4v) is 1.12. The lowest BCUT2D eigenvalue weighted by molar-refractivity contribution is 0.164. The van der Waals surface area contributed by atoms with Crippen molar-refractivity contribution in [3.8, 4) is 0 Å². The average molecular weight is 217 g/mol. The topological polar surface area (TPSA) is 59.9 Å². The molecule has 0 saturated heterocycles. The molecule has 1 unspecified atom stereocenters. The molecule has 0 saturated carbocycles. The van der Waals surface area contributed by atoms with Crippen LogP contribution in [0.4, 0.5) is 5.82 Å². The standard InChI is InChI=1S/C8H13ClN4O/c1-6(5-14-2)3-10-7-4-11-13-8(9)12-7/h4,6H,3,5H2,1-2H3,(H,10,12,13). The summed E-state index contributed by atoms with van der Waals surface area (Å²) in [5, 5.41) is 10.5. The fraction of sp³-hybridized carbons (Fsp3) is 0.625. The van der Waals surface area contributed by atoms with Gasteiger partial charge in [-0.15, -0.1) is 5.10 Å². The molecule has 1 heterocycles. The monoisotopic (exact) mass is 216 g/mol. The zero-order valence-corrected chi connectivity index (χ0v) is 8.95. The number of hydrogen-bond donors (Lipinski definition) is 1. The molecule has 78 valence electrons. The van der Waals surface area contributed by atoms with E-state index < -0.39 is 0 Å². The van der Waals surface area contributed by atoms with Gasteiger partial charge in [-0.1, -0.05) is 6.92 Å². The molecule has 0 aliphatic heterocycles. The summed E-state index contributed by atoms with van der Waals surface area (Å²) in [6, 6.07) is 0. The largest absolute Gasteiger partial charge is 0.384 e. The number of hydrogen-bond acceptors (Lipinski definition) is 5. The summed E-state index contributed by atoms with van der Waals surface area (Å²) in [5.41, 5.74) is 0. The molecule has 0 fully saturated rings. The molecule has 0 bridgehead atoms. The van der Waals surface area contributed by atoms with Gasteiger partial charge in [0.05, 0.1) is 12.8 Å². The summed E-state index contributed by atoms with van der Waals surface area (Å²) >= 11 is 5.57. The Morgan fingerprint density at radius 2 is 2.43 bits per heavy atom. The number of nitrogens with zero attached hydrogens (tertiary/aromatic N) is 3. The predicted molar refractivity (Wildman–Crippen MR) is 54.4 cm³/mol. The van der Waals surface area contributed by atoms with Crippen molar-refractivity contribution in [3.05, 3.63) is 11.5 Å². The Balaban J connectivity index is 2.37. The van der Waals surface area contributed by atoms with Crippen LogP contribution in [0.15, 0.2) is 6.20 Å². The molecule has 1 aromatic heterocycles. The van der Waals surface area contributed by atoms with E-state index in [0.717, 1.165) is 6.54 Å². The Kier molecular flexibility index (Phi) is 4.55. The maximum absolute atomic E-state index is 5.57. The Morgan fingerprint density at radius 1 is 1.64 bits per heavy atom. The molecular weight excluding hydrogens is 204 g/mol. The smallest absolute Gasteiger partial charge is 0.244 e. The first-order chi connectivity index (χ1) is 6.72. The third-order valence-electron chi connectivity index (χ3n) is 1.62. The molecule has 6 heteroatoms. The number of halogens is 1. The van der Waals surface area contributed by atoms with Crippen LogP contribution in [0, 0.1) is 5.92 Å². The lowest BCUT2D eigenvalue weighted by atomic mass is 10.2. The van der Waals surface area contributed by atoms with E-state index in [1.165, 1.54) is 6.20 Å². The van der Waals surface area contributed by atoms with Crippen molar-refractivity contribution in [3.63, 3.8) is 0 Å². The molecule has 5 nitrogen and oxygen atoms in total. The van der Waals surface area contributed by atoms with E-state index >= 15 is 0 Å². The highest BCUT2D eigenvalue weighted by Gasteiger charge is 2.02. The van der Waals surface area contributed by atoms with Gasteiger partial charge in [0.1, 0.15) is 5.82 Å². The minimum absolute atomic E-state index is 0.148. The molecule has 0 aliphatic carbocycles. The van der Waals surface area contributed by atoms with E-state index in [1.807, 2.05) is 0 Å². The van der Waals surface area contributed by atoms with Crippen LogP contribution < -0.4 is 5.32 Å². The van der Waals surface area contributed by atoms with Gasteiger partial charge in [0.15, 0.2) is 0 Å². The second kappa shape index (κ2) is 5.72. The highest BCUT2D eigenvalue weighted by atomic mass is 35.5. The summed E-state index contributed by atoms with van der Waals surface area (Å²) in [6.45, 7) is 3.55. The Labute approximate surface area is 87.9 Å². The van der Waals surface area contributed by atoms with E-state index in [2.05, 4.69) is 27.4 Å². The Bertz CT molecular complexity index is 284. The summed E-state index contributed by atoms with van der Waals surface area (Å²) in [5.74, 6) is 1.04. The molecule has 1 N–H and O–H groups in total. The van der Waals surface area contributed by atoms with Gasteiger partial charge in [-0.3, -0.25) is 0 Å². The van der Waals surface area contributed by atoms with E-state index in [-0.39, 0.29) is 5.28 Å². The van der Waals surface area contributed by atoms with Crippen molar-refractivity contribution in [1.82, 2.24) is 15.2 Å². The molecule has 0 aromatic carbocycles. The van der Waals surface area contributed by atoms with Crippen LogP contribution in [-0.4, -0.2) is 35.4 Å². The number of rotatable bonds is 5. The van der Waals surface area contributed by atoms with Gasteiger partial charge in [-0.2, -0.15) is 10.1 Å². The summed E-state index contributed by atoms with van der Waals surface area (Å²) < 4.78 is 5.00. The molecule has 0 radical (unpaired) electrons. The lowest BCUT2D eigenvalue weighted by Crippen LogP contribution is -2.16. The fourth-order valence-electron chi connectivity index (χ4n) is 0.989. The number of methoxy groups -OCH3 is 1. The highest BCUT2D eigenvalue weighted by Crippen LogP contribution is 2.05. The SMILES string of the molecule is COCC(C)CNc1cnnc(Cl)n1. The van der Waals surface area contributed by atoms with Gasteiger partial charge in [0, 0.05) is 13.7 Å². The summed E-state index contributed by atoms with van der Waals surface area (Å²) in [7, 11) is 1.68. The van der Waals surface area contributed by atoms with Crippen molar-refractivity contribution >= 4 is 17.4 Å². The normalized spacial score (nSPS) is 12.5. The summed E-state index contributed by atoms with van der Waals surface area (Å²) in [6.07, 6.45) is 1.53. The second-order valence-corrected chi connectivity index (χ2v) is 3.39. The van der Waals surface area contributed by atoms with Crippen molar-refractivity contribution in [1.29, 1.82) is 0 Å². The van der Waals surface area contributed by atoms with Crippen molar-refractivity contribution < 1.29 is 4.74 Å². The van der Waals surface area contributed by atoms with E-state index in [1.54, 1.807) is 7.11 Å². The van der Waals surface area contributed by atoms with Crippen molar-refractivity contribution in [2.45, 2.75) is 6.92 Å². The van der Waals surface area contributed by atoms with E-state index in [4.69, 9.17) is 16.3 Å². The predicted octanol–water partition coefficient (Wildman–Crippen LogP) is 1.22. The second-order valence-electron chi connectivity index (χ2n) is 3.05. The van der Waals surface area contributed by atoms with Gasteiger partial charge in [0.2, 0.25) is 5.28 Å². The molecular formula is C8H13ClN4O. The van der Waals surface area contributed by atoms with Crippen LogP contribution in [-0.2, 0) is 4.74 Å². The zero-order valence-electron chi connectivity index (χ0n) is 8.20. The maximum atomic E-state index is 5.57. The van der Waals surface area contributed by atoms with E-state index in [9.17, 15) is 0 Å². The van der Waals surface area contributed by atoms with Crippen LogP contribution in [0.1, 0.15) is 6.92 Å². The first-order valence-electron chi connectivity index (χ1n) is 4.30. The molecule has 14 heavy (non-hydrogen) atoms. The Morgan fingerprint density at radius 3 is 3.07 bits per heavy atom. The number of aromatic nitrogens is 3. The van der Waals surface area contributed by atoms with Crippen LogP contribution in [0.3, 0.4) is 0 Å². The minimum atomic E-state index is 0.148. The summed E-state index contributed by atoms with van der Waals surface area (Å²) in [4.78, 5) is 3.95. The molecule has 0 spiro atoms. The molecule has 1 rings (SSSR count). The lowest BCUT2D eigenvalue weighted by Gasteiger charge is -2.11. The van der Waals surface area contributed by atoms with Crippen molar-refractivity contribution in [2.75, 3.05) is 25.6 Å². The number of nitrogens with one attached hydrogen (secondary N) is 1. The number of anilines is 1. The van der Waals surface area contributed by atoms with Crippen LogP contribution >= 0.6 is 11.6 Å². The van der Waals surface area contributed by atoms with Gasteiger partial charge in [-0.25, -0.2) is 0 Å². The Hall–Kier alpha value is -0.940. The molecule has 1 aromatic rings. The third kappa shape index (κ3) is 3.85. The van der Waals surface area contributed by atoms with Crippen LogP contribution in [0.5, 0.6) is 0 Å². The van der Waals surface area contributed by atoms with E-state index in [0.29, 0.717) is 18.3 Å². The minimum Gasteiger partial charge on any atom is -0.384 e. The third-order valence-corrected chi connectivity index (χ3v) is 1.78. The molecule has 1 atom stereocenters. The maximum Gasteiger partial charge on any atom is 0.244 e. The van der Waals surface area contributed by atoms with Crippen LogP contribution in [0.25, 0.3) is 0 Å². The van der Waals surface area contributed by atoms with Gasteiger partial charge >= 0.3 is 0 Å². The molecule has 0 amide bonds. The van der Waals surface area contributed by atoms with Gasteiger partial charge in [0.25, 0.3) is 0 Å². The first kappa shape index (κ1) is 11.1. The quantitative estimate of drug-likeness (QED) is 0.802. The average Bonchev–Trinajstić information content (AvgIpc) is 2.15. The first-order valence-corrected chi connectivity index (χ1v) is 4.68. The van der Waals surface area contributed by atoms with Crippen LogP contribution in [0.2, 0.25) is 5.28 Å². The van der Waals surface area contributed by atoms with Crippen molar-refractivity contribution in [2.24, 2.45) is 5.92 Å². The highest BCUT2D eigenvalue weighted by molar-refractivity contribution is 6.28. The van der Waals surface area contributed by atoms with Gasteiger partial charge in [-0.05, 0) is 17.5 Å². The van der Waals surface area contributed by atoms with Gasteiger partial charge < -0.3 is 10.1 Å². The zero-order chi connectivity index (χ0) is 10.4.